The zero-order chi connectivity index (χ0) is 14.5. The van der Waals surface area contributed by atoms with Crippen LogP contribution in [0.2, 0.25) is 0 Å². The highest BCUT2D eigenvalue weighted by molar-refractivity contribution is 5.75. The Labute approximate surface area is 117 Å². The lowest BCUT2D eigenvalue weighted by atomic mass is 9.97. The second-order valence-electron chi connectivity index (χ2n) is 5.04. The molecule has 2 heterocycles. The van der Waals surface area contributed by atoms with E-state index in [1.807, 2.05) is 17.8 Å². The van der Waals surface area contributed by atoms with Gasteiger partial charge in [-0.1, -0.05) is 0 Å². The van der Waals surface area contributed by atoms with Crippen LogP contribution in [0.5, 0.6) is 0 Å². The molecule has 7 heteroatoms. The molecule has 0 aromatic carbocycles. The molecule has 110 valence electrons. The molecule has 0 atom stereocenters. The first-order valence-electron chi connectivity index (χ1n) is 6.79. The Bertz CT molecular complexity index is 478. The molecule has 0 aliphatic carbocycles. The number of piperidine rings is 1. The average Bonchev–Trinajstić information content (AvgIpc) is 2.84. The topological polar surface area (TPSA) is 87.5 Å². The third kappa shape index (κ3) is 3.49. The molecule has 2 N–H and O–H groups in total. The van der Waals surface area contributed by atoms with E-state index < -0.39 is 5.97 Å². The Morgan fingerprint density at radius 2 is 2.15 bits per heavy atom. The number of carboxylic acids is 1. The molecular formula is C13H20N4O3. The molecule has 1 saturated heterocycles. The van der Waals surface area contributed by atoms with Crippen molar-refractivity contribution in [3.05, 3.63) is 18.2 Å². The summed E-state index contributed by atoms with van der Waals surface area (Å²) in [6, 6.07) is -0.122. The van der Waals surface area contributed by atoms with Crippen molar-refractivity contribution < 1.29 is 14.7 Å². The highest BCUT2D eigenvalue weighted by Gasteiger charge is 2.26. The quantitative estimate of drug-likeness (QED) is 0.839. The molecule has 1 aromatic heterocycles. The van der Waals surface area contributed by atoms with Gasteiger partial charge in [0, 0.05) is 45.5 Å². The molecular weight excluding hydrogens is 260 g/mol. The Hall–Kier alpha value is -2.05. The number of aromatic nitrogens is 2. The van der Waals surface area contributed by atoms with Gasteiger partial charge >= 0.3 is 12.0 Å². The zero-order valence-corrected chi connectivity index (χ0v) is 11.6. The molecule has 0 unspecified atom stereocenters. The average molecular weight is 280 g/mol. The number of carbonyl (C=O) groups excluding carboxylic acids is 1. The number of aliphatic carboxylic acids is 1. The van der Waals surface area contributed by atoms with Crippen LogP contribution in [0, 0.1) is 5.92 Å². The fourth-order valence-electron chi connectivity index (χ4n) is 2.36. The van der Waals surface area contributed by atoms with Crippen LogP contribution in [0.3, 0.4) is 0 Å². The van der Waals surface area contributed by atoms with Crippen molar-refractivity contribution in [1.82, 2.24) is 19.8 Å². The molecule has 1 aliphatic heterocycles. The number of carboxylic acid groups (broad SMARTS) is 1. The van der Waals surface area contributed by atoms with Crippen LogP contribution in [0.1, 0.15) is 18.7 Å². The van der Waals surface area contributed by atoms with Crippen LogP contribution in [0.4, 0.5) is 4.79 Å². The first-order valence-corrected chi connectivity index (χ1v) is 6.79. The summed E-state index contributed by atoms with van der Waals surface area (Å²) in [5, 5.41) is 11.8. The number of imidazole rings is 1. The lowest BCUT2D eigenvalue weighted by Crippen LogP contribution is -2.46. The minimum atomic E-state index is -0.764. The fourth-order valence-corrected chi connectivity index (χ4v) is 2.36. The number of aryl methyl sites for hydroxylation is 1. The fraction of sp³-hybridized carbons (Fsp3) is 0.615. The Kier molecular flexibility index (Phi) is 4.60. The van der Waals surface area contributed by atoms with Gasteiger partial charge in [-0.3, -0.25) is 4.79 Å². The van der Waals surface area contributed by atoms with Gasteiger partial charge in [0.05, 0.1) is 5.92 Å². The number of hydrogen-bond donors (Lipinski definition) is 2. The van der Waals surface area contributed by atoms with Gasteiger partial charge < -0.3 is 19.9 Å². The van der Waals surface area contributed by atoms with E-state index in [4.69, 9.17) is 5.11 Å². The monoisotopic (exact) mass is 280 g/mol. The van der Waals surface area contributed by atoms with E-state index in [9.17, 15) is 9.59 Å². The van der Waals surface area contributed by atoms with Crippen molar-refractivity contribution in [1.29, 1.82) is 0 Å². The maximum atomic E-state index is 11.9. The molecule has 1 aromatic rings. The minimum absolute atomic E-state index is 0.122. The van der Waals surface area contributed by atoms with Crippen molar-refractivity contribution >= 4 is 12.0 Å². The predicted octanol–water partition coefficient (Wildman–Crippen LogP) is 0.469. The molecule has 0 saturated carbocycles. The number of nitrogens with zero attached hydrogens (tertiary/aromatic N) is 3. The van der Waals surface area contributed by atoms with Crippen molar-refractivity contribution in [2.75, 3.05) is 19.6 Å². The van der Waals surface area contributed by atoms with Crippen molar-refractivity contribution in [3.63, 3.8) is 0 Å². The summed E-state index contributed by atoms with van der Waals surface area (Å²) >= 11 is 0. The van der Waals surface area contributed by atoms with Crippen LogP contribution in [0.15, 0.2) is 12.4 Å². The van der Waals surface area contributed by atoms with E-state index in [2.05, 4.69) is 10.3 Å². The Morgan fingerprint density at radius 1 is 1.45 bits per heavy atom. The first-order chi connectivity index (χ1) is 9.58. The summed E-state index contributed by atoms with van der Waals surface area (Å²) in [6.45, 7) is 1.54. The van der Waals surface area contributed by atoms with Gasteiger partial charge in [0.15, 0.2) is 0 Å². The van der Waals surface area contributed by atoms with E-state index in [-0.39, 0.29) is 11.9 Å². The van der Waals surface area contributed by atoms with Crippen LogP contribution in [0.25, 0.3) is 0 Å². The smallest absolute Gasteiger partial charge is 0.317 e. The summed E-state index contributed by atoms with van der Waals surface area (Å²) in [5.74, 6) is -0.152. The van der Waals surface area contributed by atoms with Gasteiger partial charge in [-0.2, -0.15) is 0 Å². The first kappa shape index (κ1) is 14.4. The molecule has 20 heavy (non-hydrogen) atoms. The Morgan fingerprint density at radius 3 is 2.70 bits per heavy atom. The van der Waals surface area contributed by atoms with E-state index in [1.54, 1.807) is 11.1 Å². The van der Waals surface area contributed by atoms with Crippen molar-refractivity contribution in [2.45, 2.75) is 19.3 Å². The standard InChI is InChI=1S/C13H20N4O3/c1-16-9-6-14-11(16)2-5-15-13(20)17-7-3-10(4-8-17)12(18)19/h6,9-10H,2-5,7-8H2,1H3,(H,15,20)(H,18,19). The molecule has 1 aliphatic rings. The van der Waals surface area contributed by atoms with Crippen LogP contribution < -0.4 is 5.32 Å². The van der Waals surface area contributed by atoms with Crippen LogP contribution in [-0.2, 0) is 18.3 Å². The molecule has 0 bridgehead atoms. The van der Waals surface area contributed by atoms with Gasteiger partial charge in [-0.05, 0) is 12.8 Å². The van der Waals surface area contributed by atoms with E-state index in [0.717, 1.165) is 5.82 Å². The third-order valence-electron chi connectivity index (χ3n) is 3.68. The number of rotatable bonds is 4. The third-order valence-corrected chi connectivity index (χ3v) is 3.68. The molecule has 1 fully saturated rings. The second kappa shape index (κ2) is 6.40. The van der Waals surface area contributed by atoms with Gasteiger partial charge in [0.2, 0.25) is 0 Å². The number of likely N-dealkylation sites (tertiary alicyclic amines) is 1. The van der Waals surface area contributed by atoms with Crippen molar-refractivity contribution in [2.24, 2.45) is 13.0 Å². The lowest BCUT2D eigenvalue weighted by Gasteiger charge is -2.30. The van der Waals surface area contributed by atoms with Gasteiger partial charge in [-0.25, -0.2) is 9.78 Å². The number of hydrogen-bond acceptors (Lipinski definition) is 3. The van der Waals surface area contributed by atoms with E-state index in [1.165, 1.54) is 0 Å². The summed E-state index contributed by atoms with van der Waals surface area (Å²) in [7, 11) is 1.92. The molecule has 2 amide bonds. The Balaban J connectivity index is 1.71. The van der Waals surface area contributed by atoms with Gasteiger partial charge in [-0.15, -0.1) is 0 Å². The zero-order valence-electron chi connectivity index (χ0n) is 11.6. The summed E-state index contributed by atoms with van der Waals surface area (Å²) in [4.78, 5) is 28.6. The van der Waals surface area contributed by atoms with Crippen LogP contribution >= 0.6 is 0 Å². The summed E-state index contributed by atoms with van der Waals surface area (Å²) in [5.41, 5.74) is 0. The van der Waals surface area contributed by atoms with E-state index in [0.29, 0.717) is 38.9 Å². The number of carbonyl (C=O) groups is 2. The minimum Gasteiger partial charge on any atom is -0.481 e. The highest BCUT2D eigenvalue weighted by atomic mass is 16.4. The maximum absolute atomic E-state index is 11.9. The van der Waals surface area contributed by atoms with Crippen LogP contribution in [-0.4, -0.2) is 51.2 Å². The number of urea groups is 1. The lowest BCUT2D eigenvalue weighted by molar-refractivity contribution is -0.143. The number of amides is 2. The van der Waals surface area contributed by atoms with Crippen molar-refractivity contribution in [3.8, 4) is 0 Å². The molecule has 2 rings (SSSR count). The summed E-state index contributed by atoms with van der Waals surface area (Å²) in [6.07, 6.45) is 5.34. The SMILES string of the molecule is Cn1ccnc1CCNC(=O)N1CCC(C(=O)O)CC1. The molecule has 0 radical (unpaired) electrons. The largest absolute Gasteiger partial charge is 0.481 e. The maximum Gasteiger partial charge on any atom is 0.317 e. The highest BCUT2D eigenvalue weighted by Crippen LogP contribution is 2.17. The van der Waals surface area contributed by atoms with E-state index >= 15 is 0 Å². The van der Waals surface area contributed by atoms with Gasteiger partial charge in [0.25, 0.3) is 0 Å². The normalized spacial score (nSPS) is 16.1. The molecule has 7 nitrogen and oxygen atoms in total. The van der Waals surface area contributed by atoms with Gasteiger partial charge in [0.1, 0.15) is 5.82 Å². The number of nitrogens with one attached hydrogen (secondary N) is 1. The predicted molar refractivity (Wildman–Crippen MR) is 72.2 cm³/mol. The molecule has 0 spiro atoms. The summed E-state index contributed by atoms with van der Waals surface area (Å²) < 4.78 is 1.92. The second-order valence-corrected chi connectivity index (χ2v) is 5.04.